The van der Waals surface area contributed by atoms with Gasteiger partial charge in [-0.25, -0.2) is 4.99 Å². The van der Waals surface area contributed by atoms with E-state index < -0.39 is 0 Å². The van der Waals surface area contributed by atoms with Crippen LogP contribution in [0.4, 0.5) is 0 Å². The van der Waals surface area contributed by atoms with Crippen LogP contribution in [0.3, 0.4) is 0 Å². The number of para-hydroxylation sites is 3. The summed E-state index contributed by atoms with van der Waals surface area (Å²) in [4.78, 5) is 5.21. The van der Waals surface area contributed by atoms with Gasteiger partial charge in [0, 0.05) is 58.9 Å². The summed E-state index contributed by atoms with van der Waals surface area (Å²) in [5, 5.41) is 14.9. The van der Waals surface area contributed by atoms with Gasteiger partial charge in [0.25, 0.3) is 0 Å². The van der Waals surface area contributed by atoms with Gasteiger partial charge in [0.2, 0.25) is 0 Å². The Balaban J connectivity index is 0.974. The van der Waals surface area contributed by atoms with E-state index in [1.165, 1.54) is 47.5 Å². The molecule has 0 saturated heterocycles. The van der Waals surface area contributed by atoms with Crippen LogP contribution in [-0.4, -0.2) is 16.6 Å². The van der Waals surface area contributed by atoms with Crippen molar-refractivity contribution >= 4 is 81.1 Å². The summed E-state index contributed by atoms with van der Waals surface area (Å²) in [6, 6.07) is 54.4. The Morgan fingerprint density at radius 2 is 1.40 bits per heavy atom. The van der Waals surface area contributed by atoms with Gasteiger partial charge in [0.05, 0.1) is 22.1 Å². The monoisotopic (exact) mass is 752 g/mol. The molecule has 0 bridgehead atoms. The normalized spacial score (nSPS) is 18.3. The number of aliphatic imine (C=N–C) groups is 1. The summed E-state index contributed by atoms with van der Waals surface area (Å²) >= 11 is 1.86. The predicted molar refractivity (Wildman–Crippen MR) is 239 cm³/mol. The number of allylic oxidation sites excluding steroid dienone is 3. The van der Waals surface area contributed by atoms with Crippen molar-refractivity contribution < 1.29 is 4.42 Å². The molecule has 0 fully saturated rings. The molecule has 3 unspecified atom stereocenters. The highest BCUT2D eigenvalue weighted by molar-refractivity contribution is 7.26. The number of nitrogens with one attached hydrogen (secondary N) is 2. The van der Waals surface area contributed by atoms with Crippen LogP contribution < -0.4 is 10.6 Å². The first-order chi connectivity index (χ1) is 28.3. The van der Waals surface area contributed by atoms with E-state index in [4.69, 9.17) is 9.41 Å². The van der Waals surface area contributed by atoms with Crippen molar-refractivity contribution in [3.8, 4) is 16.8 Å². The summed E-state index contributed by atoms with van der Waals surface area (Å²) < 4.78 is 11.8. The Morgan fingerprint density at radius 1 is 0.649 bits per heavy atom. The summed E-state index contributed by atoms with van der Waals surface area (Å²) in [5.74, 6) is 1.20. The van der Waals surface area contributed by atoms with Crippen molar-refractivity contribution in [2.24, 2.45) is 10.9 Å². The number of hydrogen-bond donors (Lipinski definition) is 2. The fourth-order valence-corrected chi connectivity index (χ4v) is 10.5. The quantitative estimate of drug-likeness (QED) is 0.184. The Labute approximate surface area is 332 Å². The number of fused-ring (bicyclic) bond motifs is 9. The van der Waals surface area contributed by atoms with E-state index in [0.29, 0.717) is 0 Å². The lowest BCUT2D eigenvalue weighted by Gasteiger charge is -2.35. The summed E-state index contributed by atoms with van der Waals surface area (Å²) in [5.41, 5.74) is 9.85. The molecule has 6 heteroatoms. The van der Waals surface area contributed by atoms with Crippen molar-refractivity contribution in [3.05, 3.63) is 187 Å². The molecule has 0 amide bonds. The smallest absolute Gasteiger partial charge is 0.143 e. The van der Waals surface area contributed by atoms with Crippen LogP contribution in [-0.2, 0) is 0 Å². The van der Waals surface area contributed by atoms with Crippen LogP contribution in [0, 0.1) is 5.92 Å². The van der Waals surface area contributed by atoms with Gasteiger partial charge in [0.1, 0.15) is 29.3 Å². The lowest BCUT2D eigenvalue weighted by Crippen LogP contribution is -2.50. The molecular formula is C51H36N4OS. The van der Waals surface area contributed by atoms with E-state index in [9.17, 15) is 0 Å². The zero-order valence-corrected chi connectivity index (χ0v) is 31.7. The second kappa shape index (κ2) is 12.9. The molecule has 272 valence electrons. The summed E-state index contributed by atoms with van der Waals surface area (Å²) in [6.45, 7) is 0. The van der Waals surface area contributed by atoms with Gasteiger partial charge in [-0.1, -0.05) is 146 Å². The molecular weight excluding hydrogens is 717 g/mol. The number of aromatic nitrogens is 1. The zero-order valence-electron chi connectivity index (χ0n) is 30.9. The first-order valence-electron chi connectivity index (χ1n) is 19.6. The third-order valence-electron chi connectivity index (χ3n) is 11.8. The molecule has 4 heterocycles. The maximum absolute atomic E-state index is 6.83. The van der Waals surface area contributed by atoms with Crippen LogP contribution >= 0.6 is 11.3 Å². The number of hydrogen-bond acceptors (Lipinski definition) is 5. The molecule has 0 saturated carbocycles. The Morgan fingerprint density at radius 3 is 2.23 bits per heavy atom. The molecule has 12 rings (SSSR count). The minimum Gasteiger partial charge on any atom is -0.455 e. The largest absolute Gasteiger partial charge is 0.455 e. The van der Waals surface area contributed by atoms with Gasteiger partial charge in [-0.3, -0.25) is 5.32 Å². The minimum atomic E-state index is -0.105. The van der Waals surface area contributed by atoms with Gasteiger partial charge in [0.15, 0.2) is 0 Å². The first-order valence-corrected chi connectivity index (χ1v) is 20.5. The Hall–Kier alpha value is -6.73. The first kappa shape index (κ1) is 32.5. The van der Waals surface area contributed by atoms with Crippen molar-refractivity contribution in [1.82, 2.24) is 15.2 Å². The highest BCUT2D eigenvalue weighted by Crippen LogP contribution is 2.44. The lowest BCUT2D eigenvalue weighted by atomic mass is 9.96. The minimum absolute atomic E-state index is 0.0522. The molecule has 5 nitrogen and oxygen atoms in total. The molecule has 57 heavy (non-hydrogen) atoms. The highest BCUT2D eigenvalue weighted by atomic mass is 32.1. The maximum Gasteiger partial charge on any atom is 0.143 e. The SMILES string of the molecule is C1=CCC(C2N=C(c3ccccc3)NC(c3cccc4c3sc3cc(-c5cccc6c5oc5cccc(-n7c8ccccc8c8ccccc87)c56)ccc34)N2)C=C1. The molecule has 0 spiro atoms. The third kappa shape index (κ3) is 5.15. The van der Waals surface area contributed by atoms with Gasteiger partial charge in [-0.15, -0.1) is 11.3 Å². The number of rotatable bonds is 5. The highest BCUT2D eigenvalue weighted by Gasteiger charge is 2.30. The van der Waals surface area contributed by atoms with Crippen LogP contribution in [0.25, 0.3) is 80.7 Å². The molecule has 2 aliphatic rings. The lowest BCUT2D eigenvalue weighted by molar-refractivity contribution is 0.340. The van der Waals surface area contributed by atoms with Crippen LogP contribution in [0.2, 0.25) is 0 Å². The van der Waals surface area contributed by atoms with E-state index in [0.717, 1.165) is 56.6 Å². The average Bonchev–Trinajstić information content (AvgIpc) is 3.96. The number of nitrogens with zero attached hydrogens (tertiary/aromatic N) is 2. The van der Waals surface area contributed by atoms with Gasteiger partial charge in [-0.05, 0) is 42.3 Å². The number of thiophene rings is 1. The molecule has 10 aromatic rings. The van der Waals surface area contributed by atoms with Crippen LogP contribution in [0.15, 0.2) is 185 Å². The van der Waals surface area contributed by atoms with Gasteiger partial charge in [-0.2, -0.15) is 0 Å². The van der Waals surface area contributed by atoms with Crippen LogP contribution in [0.5, 0.6) is 0 Å². The molecule has 2 N–H and O–H groups in total. The Kier molecular flexibility index (Phi) is 7.37. The average molecular weight is 753 g/mol. The fourth-order valence-electron chi connectivity index (χ4n) is 9.18. The van der Waals surface area contributed by atoms with Crippen molar-refractivity contribution in [2.45, 2.75) is 18.8 Å². The second-order valence-corrected chi connectivity index (χ2v) is 16.1. The zero-order chi connectivity index (χ0) is 37.5. The van der Waals surface area contributed by atoms with E-state index >= 15 is 0 Å². The third-order valence-corrected chi connectivity index (χ3v) is 13.0. The molecule has 3 aromatic heterocycles. The van der Waals surface area contributed by atoms with Crippen LogP contribution in [0.1, 0.15) is 23.7 Å². The molecule has 7 aromatic carbocycles. The van der Waals surface area contributed by atoms with E-state index in [1.54, 1.807) is 0 Å². The summed E-state index contributed by atoms with van der Waals surface area (Å²) in [7, 11) is 0. The van der Waals surface area contributed by atoms with Crippen molar-refractivity contribution in [1.29, 1.82) is 0 Å². The molecule has 3 atom stereocenters. The molecule has 1 aliphatic carbocycles. The topological polar surface area (TPSA) is 54.5 Å². The van der Waals surface area contributed by atoms with Gasteiger partial charge < -0.3 is 14.3 Å². The second-order valence-electron chi connectivity index (χ2n) is 15.1. The van der Waals surface area contributed by atoms with Gasteiger partial charge >= 0.3 is 0 Å². The predicted octanol–water partition coefficient (Wildman–Crippen LogP) is 12.8. The van der Waals surface area contributed by atoms with E-state index in [-0.39, 0.29) is 18.2 Å². The van der Waals surface area contributed by atoms with Crippen molar-refractivity contribution in [2.75, 3.05) is 0 Å². The van der Waals surface area contributed by atoms with E-state index in [2.05, 4.69) is 191 Å². The van der Waals surface area contributed by atoms with Crippen molar-refractivity contribution in [3.63, 3.8) is 0 Å². The molecule has 0 radical (unpaired) electrons. The van der Waals surface area contributed by atoms with E-state index in [1.807, 2.05) is 11.3 Å². The number of benzene rings is 7. The molecule has 1 aliphatic heterocycles. The standard InChI is InChI=1S/C51H36N4OS/c1-3-14-31(15-4-1)49-52-50(32-16-5-2-6-17-32)54-51(53-49)40-23-12-21-38-37-29-28-33(30-45(37)57-48(38)40)34-20-11-22-39-46-43(26-13-27-44(46)56-47(34)39)55-41-24-9-7-18-35(41)36-19-8-10-25-42(36)55/h1-16,18-30,32,50-51,54H,17H2,(H,52,53). The fraction of sp³-hybridized carbons (Fsp3) is 0.0784. The maximum atomic E-state index is 6.83. The summed E-state index contributed by atoms with van der Waals surface area (Å²) in [6.07, 6.45) is 9.59. The Bertz CT molecular complexity index is 3260. The number of furan rings is 1. The number of amidine groups is 1.